The van der Waals surface area contributed by atoms with Crippen LogP contribution in [-0.2, 0) is 34.7 Å². The number of hydrogen-bond acceptors (Lipinski definition) is 8. The first-order chi connectivity index (χ1) is 28.6. The van der Waals surface area contributed by atoms with E-state index >= 15 is 9.59 Å². The first kappa shape index (κ1) is 44.0. The van der Waals surface area contributed by atoms with E-state index in [0.717, 1.165) is 20.8 Å². The second-order valence-corrected chi connectivity index (χ2v) is 24.6. The number of ketones is 1. The van der Waals surface area contributed by atoms with Crippen molar-refractivity contribution in [3.8, 4) is 0 Å². The fourth-order valence-corrected chi connectivity index (χ4v) is 13.6. The minimum Gasteiger partial charge on any atom is -0.457 e. The Morgan fingerprint density at radius 1 is 0.817 bits per heavy atom. The molecule has 4 aromatic rings. The molecule has 6 rings (SSSR count). The van der Waals surface area contributed by atoms with Gasteiger partial charge < -0.3 is 18.8 Å². The van der Waals surface area contributed by atoms with Gasteiger partial charge in [0.05, 0.1) is 30.2 Å². The summed E-state index contributed by atoms with van der Waals surface area (Å²) in [4.78, 5) is 73.4. The molecule has 0 unspecified atom stereocenters. The average Bonchev–Trinajstić information content (AvgIpc) is 3.57. The van der Waals surface area contributed by atoms with Crippen LogP contribution in [0.15, 0.2) is 135 Å². The maximum absolute atomic E-state index is 15.2. The van der Waals surface area contributed by atoms with E-state index in [1.165, 1.54) is 23.1 Å². The zero-order chi connectivity index (χ0) is 43.4. The third-order valence-electron chi connectivity index (χ3n) is 11.7. The smallest absolute Gasteiger partial charge is 0.421 e. The van der Waals surface area contributed by atoms with Crippen LogP contribution >= 0.6 is 6.89 Å². The molecule has 3 amide bonds. The molecule has 1 fully saturated rings. The SMILES string of the molecule is C=CCOC(=O)C(N1C(=O)[C@H]([C@@H](C)O[Si](C)(C)C(C)(C)C)[C@H]1CC(=O)c1ccc2c(c1)N(C(=O)OCC=C)C(=O)C2)=P(c1ccccc1)(c1ccccc1)c1ccccc1. The Morgan fingerprint density at radius 3 is 1.83 bits per heavy atom. The minimum absolute atomic E-state index is 0.0301. The Kier molecular flexibility index (Phi) is 13.1. The highest BCUT2D eigenvalue weighted by Gasteiger charge is 2.57. The number of anilines is 1. The molecule has 10 nitrogen and oxygen atoms in total. The molecule has 0 N–H and O–H groups in total. The van der Waals surface area contributed by atoms with Gasteiger partial charge in [-0.15, -0.1) is 0 Å². The Bertz CT molecular complexity index is 2250. The van der Waals surface area contributed by atoms with Gasteiger partial charge in [-0.05, 0) is 52.6 Å². The summed E-state index contributed by atoms with van der Waals surface area (Å²) < 4.78 is 18.0. The Labute approximate surface area is 353 Å². The van der Waals surface area contributed by atoms with E-state index in [9.17, 15) is 14.4 Å². The normalized spacial score (nSPS) is 17.0. The summed E-state index contributed by atoms with van der Waals surface area (Å²) in [5.74, 6) is -2.70. The molecular formula is C48H53N2O8PSi. The van der Waals surface area contributed by atoms with Gasteiger partial charge in [-0.3, -0.25) is 14.4 Å². The lowest BCUT2D eigenvalue weighted by Crippen LogP contribution is -2.69. The van der Waals surface area contributed by atoms with Crippen molar-refractivity contribution in [1.29, 1.82) is 0 Å². The summed E-state index contributed by atoms with van der Waals surface area (Å²) in [5, 5.41) is 2.25. The van der Waals surface area contributed by atoms with Crippen LogP contribution in [0.5, 0.6) is 0 Å². The molecule has 2 heterocycles. The van der Waals surface area contributed by atoms with Gasteiger partial charge in [0, 0.05) is 18.9 Å². The van der Waals surface area contributed by atoms with Crippen LogP contribution in [0.1, 0.15) is 50.0 Å². The number of imide groups is 1. The van der Waals surface area contributed by atoms with E-state index in [2.05, 4.69) is 47.0 Å². The predicted molar refractivity (Wildman–Crippen MR) is 241 cm³/mol. The molecular weight excluding hydrogens is 792 g/mol. The quantitative estimate of drug-likeness (QED) is 0.0301. The fraction of sp³-hybridized carbons (Fsp3) is 0.292. The molecule has 0 saturated carbocycles. The second-order valence-electron chi connectivity index (χ2n) is 16.5. The molecule has 0 aromatic heterocycles. The largest absolute Gasteiger partial charge is 0.457 e. The molecule has 0 bridgehead atoms. The molecule has 3 atom stereocenters. The van der Waals surface area contributed by atoms with Gasteiger partial charge in [0.1, 0.15) is 18.6 Å². The van der Waals surface area contributed by atoms with E-state index in [1.807, 2.05) is 97.9 Å². The lowest BCUT2D eigenvalue weighted by Gasteiger charge is -2.53. The molecule has 2 aliphatic heterocycles. The zero-order valence-corrected chi connectivity index (χ0v) is 37.0. The summed E-state index contributed by atoms with van der Waals surface area (Å²) in [6.45, 7) is 16.3. The van der Waals surface area contributed by atoms with Crippen molar-refractivity contribution >= 4 is 71.9 Å². The van der Waals surface area contributed by atoms with E-state index in [0.29, 0.717) is 5.56 Å². The van der Waals surface area contributed by atoms with E-state index in [4.69, 9.17) is 13.9 Å². The maximum atomic E-state index is 15.2. The van der Waals surface area contributed by atoms with E-state index < -0.39 is 51.2 Å². The maximum Gasteiger partial charge on any atom is 0.421 e. The van der Waals surface area contributed by atoms with Crippen molar-refractivity contribution < 1.29 is 37.9 Å². The first-order valence-corrected chi connectivity index (χ1v) is 24.8. The Balaban J connectivity index is 1.59. The molecule has 2 aliphatic rings. The highest BCUT2D eigenvalue weighted by Crippen LogP contribution is 2.51. The van der Waals surface area contributed by atoms with Crippen LogP contribution in [0, 0.1) is 5.92 Å². The zero-order valence-electron chi connectivity index (χ0n) is 35.1. The highest BCUT2D eigenvalue weighted by molar-refractivity contribution is 7.96. The van der Waals surface area contributed by atoms with Gasteiger partial charge in [0.2, 0.25) is 11.8 Å². The van der Waals surface area contributed by atoms with Crippen LogP contribution in [0.3, 0.4) is 0 Å². The van der Waals surface area contributed by atoms with Crippen LogP contribution in [0.4, 0.5) is 10.5 Å². The number of amides is 3. The number of hydrogen-bond donors (Lipinski definition) is 0. The summed E-state index contributed by atoms with van der Waals surface area (Å²) in [7, 11) is -2.45. The molecule has 0 radical (unpaired) electrons. The topological polar surface area (TPSA) is 120 Å². The number of rotatable bonds is 15. The number of Topliss-reactive ketones (excluding diaryl/α,β-unsaturated/α-hetero) is 1. The van der Waals surface area contributed by atoms with Crippen LogP contribution < -0.4 is 20.8 Å². The number of nitrogens with zero attached hydrogens (tertiary/aromatic N) is 2. The lowest BCUT2D eigenvalue weighted by atomic mass is 9.79. The van der Waals surface area contributed by atoms with Gasteiger partial charge in [0.15, 0.2) is 14.1 Å². The van der Waals surface area contributed by atoms with E-state index in [-0.39, 0.29) is 59.5 Å². The number of carbonyl (C=O) groups excluding carboxylic acids is 5. The van der Waals surface area contributed by atoms with Crippen molar-refractivity contribution in [3.63, 3.8) is 0 Å². The third-order valence-corrected chi connectivity index (χ3v) is 20.5. The molecule has 4 aromatic carbocycles. The van der Waals surface area contributed by atoms with Crippen LogP contribution in [0.25, 0.3) is 0 Å². The van der Waals surface area contributed by atoms with Crippen molar-refractivity contribution in [2.24, 2.45) is 5.92 Å². The monoisotopic (exact) mass is 844 g/mol. The molecule has 12 heteroatoms. The van der Waals surface area contributed by atoms with Crippen molar-refractivity contribution in [1.82, 2.24) is 4.90 Å². The van der Waals surface area contributed by atoms with E-state index in [1.54, 1.807) is 12.1 Å². The number of β-lactam (4-membered cyclic amide) rings is 1. The van der Waals surface area contributed by atoms with Crippen molar-refractivity contribution in [2.75, 3.05) is 18.1 Å². The Hall–Kier alpha value is -5.61. The summed E-state index contributed by atoms with van der Waals surface area (Å²) in [6.07, 6.45) is 1.16. The molecule has 312 valence electrons. The van der Waals surface area contributed by atoms with Crippen molar-refractivity contribution in [2.45, 2.75) is 70.8 Å². The lowest BCUT2D eigenvalue weighted by molar-refractivity contribution is -0.156. The van der Waals surface area contributed by atoms with Gasteiger partial charge in [0.25, 0.3) is 0 Å². The highest BCUT2D eigenvalue weighted by atomic mass is 31.2. The molecule has 1 saturated heterocycles. The summed E-state index contributed by atoms with van der Waals surface area (Å²) in [5.41, 5.74) is 1.20. The molecule has 60 heavy (non-hydrogen) atoms. The van der Waals surface area contributed by atoms with Crippen LogP contribution in [-0.4, -0.2) is 73.7 Å². The summed E-state index contributed by atoms with van der Waals surface area (Å²) in [6, 6.07) is 32.9. The predicted octanol–water partition coefficient (Wildman–Crippen LogP) is 7.56. The number of benzene rings is 4. The van der Waals surface area contributed by atoms with Gasteiger partial charge in [-0.1, -0.05) is 149 Å². The molecule has 0 spiro atoms. The second kappa shape index (κ2) is 17.9. The van der Waals surface area contributed by atoms with Gasteiger partial charge in [-0.25, -0.2) is 14.5 Å². The Morgan fingerprint density at radius 2 is 1.33 bits per heavy atom. The average molecular weight is 845 g/mol. The first-order valence-electron chi connectivity index (χ1n) is 20.1. The van der Waals surface area contributed by atoms with Gasteiger partial charge in [-0.2, -0.15) is 0 Å². The number of fused-ring (bicyclic) bond motifs is 1. The summed E-state index contributed by atoms with van der Waals surface area (Å²) >= 11 is 0. The number of esters is 1. The van der Waals surface area contributed by atoms with Crippen molar-refractivity contribution in [3.05, 3.63) is 146 Å². The molecule has 0 aliphatic carbocycles. The number of carbonyl (C=O) groups is 5. The number of ether oxygens (including phenoxy) is 2. The minimum atomic E-state index is -3.28. The standard InChI is InChI=1S/C48H53N2O8PSi/c1-9-28-56-46(54)45(59(36-20-14-11-15-21-36,37-22-16-12-17-23-37)38-24-18-13-19-25-38)50-40(43(44(50)53)33(3)58-60(7,8)48(4,5)6)32-41(51)35-27-26-34-31-42(52)49(39(34)30-35)47(55)57-29-10-2/h9-27,30,33,40,43H,1-2,28-29,31-32H2,3-8H3/t33-,40-,43-/m1/s1. The van der Waals surface area contributed by atoms with Crippen LogP contribution in [0.2, 0.25) is 18.1 Å². The number of likely N-dealkylation sites (tertiary alicyclic amines) is 1. The third kappa shape index (κ3) is 8.26. The van der Waals surface area contributed by atoms with Gasteiger partial charge >= 0.3 is 12.1 Å². The fourth-order valence-electron chi connectivity index (χ4n) is 7.81.